The number of nitrogen functional groups attached to an aromatic ring is 1. The average molecular weight is 404 g/mol. The summed E-state index contributed by atoms with van der Waals surface area (Å²) in [4.78, 5) is 9.43. The first-order valence-corrected chi connectivity index (χ1v) is 10.4. The molecule has 0 saturated carbocycles. The minimum absolute atomic E-state index is 0.418. The van der Waals surface area contributed by atoms with Gasteiger partial charge in [-0.3, -0.25) is 0 Å². The van der Waals surface area contributed by atoms with Gasteiger partial charge in [-0.05, 0) is 44.0 Å². The third kappa shape index (κ3) is 4.15. The lowest BCUT2D eigenvalue weighted by Gasteiger charge is -2.21. The Morgan fingerprint density at radius 1 is 1.07 bits per heavy atom. The summed E-state index contributed by atoms with van der Waals surface area (Å²) in [5, 5.41) is 14.9. The summed E-state index contributed by atoms with van der Waals surface area (Å²) >= 11 is 0. The van der Waals surface area contributed by atoms with Crippen LogP contribution in [0.15, 0.2) is 48.5 Å². The summed E-state index contributed by atoms with van der Waals surface area (Å²) in [5.41, 5.74) is 10.4. The van der Waals surface area contributed by atoms with E-state index in [0.29, 0.717) is 24.4 Å². The second kappa shape index (κ2) is 8.05. The van der Waals surface area contributed by atoms with Gasteiger partial charge in [-0.15, -0.1) is 0 Å². The number of aliphatic hydroxyl groups is 1. The van der Waals surface area contributed by atoms with E-state index < -0.39 is 5.60 Å². The Hall–Kier alpha value is -2.96. The maximum Gasteiger partial charge on any atom is 0.152 e. The first kappa shape index (κ1) is 20.3. The van der Waals surface area contributed by atoms with Gasteiger partial charge in [-0.2, -0.15) is 0 Å². The van der Waals surface area contributed by atoms with Gasteiger partial charge >= 0.3 is 0 Å². The summed E-state index contributed by atoms with van der Waals surface area (Å²) in [6, 6.07) is 16.7. The van der Waals surface area contributed by atoms with Crippen molar-refractivity contribution in [2.45, 2.75) is 45.9 Å². The largest absolute Gasteiger partial charge is 0.389 e. The van der Waals surface area contributed by atoms with Crippen molar-refractivity contribution in [3.8, 4) is 0 Å². The van der Waals surface area contributed by atoms with E-state index in [-0.39, 0.29) is 0 Å². The molecule has 4 rings (SSSR count). The molecule has 0 saturated heterocycles. The van der Waals surface area contributed by atoms with Gasteiger partial charge in [0, 0.05) is 5.39 Å². The number of nitrogens with one attached hydrogen (secondary N) is 1. The Kier molecular flexibility index (Phi) is 5.45. The van der Waals surface area contributed by atoms with Crippen LogP contribution >= 0.6 is 0 Å². The standard InChI is InChI=1S/C24H29N5O/c1-4-26-14-20-28-21-22(29(20)15-24(2,3)30)18-11-10-17(13-19(18)27-23(21)25)12-16-8-6-5-7-9-16/h5-11,13,26,30H,4,12,14-15H2,1-3H3,(H2,25,27). The molecular weight excluding hydrogens is 374 g/mol. The van der Waals surface area contributed by atoms with Gasteiger partial charge in [-0.1, -0.05) is 49.4 Å². The van der Waals surface area contributed by atoms with Gasteiger partial charge in [0.15, 0.2) is 5.82 Å². The third-order valence-corrected chi connectivity index (χ3v) is 5.18. The molecule has 0 unspecified atom stereocenters. The molecule has 6 heteroatoms. The van der Waals surface area contributed by atoms with Crippen molar-refractivity contribution in [1.82, 2.24) is 19.9 Å². The molecule has 2 aromatic carbocycles. The minimum atomic E-state index is -0.883. The van der Waals surface area contributed by atoms with Crippen molar-refractivity contribution in [3.05, 3.63) is 65.5 Å². The van der Waals surface area contributed by atoms with Crippen LogP contribution in [0.1, 0.15) is 37.7 Å². The van der Waals surface area contributed by atoms with Crippen LogP contribution < -0.4 is 11.1 Å². The highest BCUT2D eigenvalue weighted by atomic mass is 16.3. The van der Waals surface area contributed by atoms with E-state index >= 15 is 0 Å². The highest BCUT2D eigenvalue weighted by Gasteiger charge is 2.22. The van der Waals surface area contributed by atoms with Crippen LogP contribution in [-0.2, 0) is 19.5 Å². The Balaban J connectivity index is 1.87. The maximum atomic E-state index is 10.5. The number of imidazole rings is 1. The van der Waals surface area contributed by atoms with E-state index in [1.807, 2.05) is 6.07 Å². The smallest absolute Gasteiger partial charge is 0.152 e. The maximum absolute atomic E-state index is 10.5. The molecule has 0 bridgehead atoms. The zero-order valence-electron chi connectivity index (χ0n) is 17.8. The molecule has 0 fully saturated rings. The molecule has 30 heavy (non-hydrogen) atoms. The van der Waals surface area contributed by atoms with E-state index in [0.717, 1.165) is 35.2 Å². The summed E-state index contributed by atoms with van der Waals surface area (Å²) in [7, 11) is 0. The van der Waals surface area contributed by atoms with Crippen LogP contribution in [0.3, 0.4) is 0 Å². The van der Waals surface area contributed by atoms with Gasteiger partial charge in [0.25, 0.3) is 0 Å². The predicted molar refractivity (Wildman–Crippen MR) is 122 cm³/mol. The first-order chi connectivity index (χ1) is 14.4. The molecule has 2 aromatic heterocycles. The molecule has 0 spiro atoms. The first-order valence-electron chi connectivity index (χ1n) is 10.4. The number of aromatic nitrogens is 3. The predicted octanol–water partition coefficient (Wildman–Crippen LogP) is 3.64. The fraction of sp³-hybridized carbons (Fsp3) is 0.333. The van der Waals surface area contributed by atoms with Gasteiger partial charge in [0.05, 0.1) is 29.7 Å². The number of rotatable bonds is 7. The van der Waals surface area contributed by atoms with Gasteiger partial charge in [0.1, 0.15) is 11.3 Å². The van der Waals surface area contributed by atoms with Crippen molar-refractivity contribution in [2.24, 2.45) is 0 Å². The molecule has 0 aliphatic heterocycles. The second-order valence-corrected chi connectivity index (χ2v) is 8.42. The Morgan fingerprint density at radius 2 is 1.83 bits per heavy atom. The number of nitrogens with zero attached hydrogens (tertiary/aromatic N) is 3. The van der Waals surface area contributed by atoms with E-state index in [2.05, 4.69) is 64.3 Å². The molecule has 0 aliphatic rings. The molecular formula is C24H29N5O. The molecule has 0 aliphatic carbocycles. The van der Waals surface area contributed by atoms with E-state index in [4.69, 9.17) is 10.7 Å². The van der Waals surface area contributed by atoms with Gasteiger partial charge in [0.2, 0.25) is 0 Å². The highest BCUT2D eigenvalue weighted by molar-refractivity contribution is 6.06. The summed E-state index contributed by atoms with van der Waals surface area (Å²) in [6.45, 7) is 7.54. The second-order valence-electron chi connectivity index (χ2n) is 8.42. The van der Waals surface area contributed by atoms with Crippen molar-refractivity contribution in [2.75, 3.05) is 12.3 Å². The van der Waals surface area contributed by atoms with Crippen molar-refractivity contribution in [1.29, 1.82) is 0 Å². The Labute approximate surface area is 176 Å². The average Bonchev–Trinajstić information content (AvgIpc) is 3.04. The number of hydrogen-bond acceptors (Lipinski definition) is 5. The topological polar surface area (TPSA) is 89.0 Å². The zero-order valence-corrected chi connectivity index (χ0v) is 17.8. The molecule has 4 N–H and O–H groups in total. The number of pyridine rings is 1. The number of hydrogen-bond donors (Lipinski definition) is 3. The summed E-state index contributed by atoms with van der Waals surface area (Å²) < 4.78 is 2.08. The SMILES string of the molecule is CCNCc1nc2c(N)nc3cc(Cc4ccccc4)ccc3c2n1CC(C)(C)O. The number of nitrogens with two attached hydrogens (primary N) is 1. The van der Waals surface area contributed by atoms with E-state index in [9.17, 15) is 5.11 Å². The minimum Gasteiger partial charge on any atom is -0.389 e. The number of fused-ring (bicyclic) bond motifs is 3. The number of anilines is 1. The van der Waals surface area contributed by atoms with Gasteiger partial charge < -0.3 is 20.7 Å². The molecule has 156 valence electrons. The van der Waals surface area contributed by atoms with E-state index in [1.54, 1.807) is 13.8 Å². The quantitative estimate of drug-likeness (QED) is 0.438. The lowest BCUT2D eigenvalue weighted by Crippen LogP contribution is -2.28. The lowest BCUT2D eigenvalue weighted by atomic mass is 10.0. The third-order valence-electron chi connectivity index (χ3n) is 5.18. The van der Waals surface area contributed by atoms with Crippen LogP contribution in [0, 0.1) is 0 Å². The van der Waals surface area contributed by atoms with Crippen LogP contribution in [-0.4, -0.2) is 31.8 Å². The van der Waals surface area contributed by atoms with Crippen LogP contribution in [0.4, 0.5) is 5.82 Å². The molecule has 0 amide bonds. The lowest BCUT2D eigenvalue weighted by molar-refractivity contribution is 0.0618. The number of benzene rings is 2. The molecule has 0 atom stereocenters. The van der Waals surface area contributed by atoms with Crippen LogP contribution in [0.2, 0.25) is 0 Å². The van der Waals surface area contributed by atoms with Crippen LogP contribution in [0.25, 0.3) is 21.9 Å². The van der Waals surface area contributed by atoms with Crippen molar-refractivity contribution >= 4 is 27.8 Å². The Morgan fingerprint density at radius 3 is 2.53 bits per heavy atom. The fourth-order valence-electron chi connectivity index (χ4n) is 3.87. The fourth-order valence-corrected chi connectivity index (χ4v) is 3.87. The van der Waals surface area contributed by atoms with Crippen LogP contribution in [0.5, 0.6) is 0 Å². The monoisotopic (exact) mass is 403 g/mol. The summed E-state index contributed by atoms with van der Waals surface area (Å²) in [6.07, 6.45) is 0.838. The molecule has 2 heterocycles. The molecule has 0 radical (unpaired) electrons. The van der Waals surface area contributed by atoms with E-state index in [1.165, 1.54) is 11.1 Å². The molecule has 6 nitrogen and oxygen atoms in total. The van der Waals surface area contributed by atoms with Gasteiger partial charge in [-0.25, -0.2) is 9.97 Å². The normalized spacial score (nSPS) is 12.1. The van der Waals surface area contributed by atoms with Crippen molar-refractivity contribution < 1.29 is 5.11 Å². The molecule has 4 aromatic rings. The summed E-state index contributed by atoms with van der Waals surface area (Å²) in [5.74, 6) is 1.27. The van der Waals surface area contributed by atoms with Crippen molar-refractivity contribution in [3.63, 3.8) is 0 Å². The highest BCUT2D eigenvalue weighted by Crippen LogP contribution is 2.31. The Bertz CT molecular complexity index is 1180. The zero-order chi connectivity index (χ0) is 21.3.